The van der Waals surface area contributed by atoms with Gasteiger partial charge < -0.3 is 4.90 Å². The molecule has 1 saturated carbocycles. The third-order valence-corrected chi connectivity index (χ3v) is 5.14. The number of Topliss-reactive ketones (excluding diaryl/α,β-unsaturated/α-hetero) is 1. The summed E-state index contributed by atoms with van der Waals surface area (Å²) in [7, 11) is 0. The van der Waals surface area contributed by atoms with Crippen LogP contribution in [0.5, 0.6) is 0 Å². The fourth-order valence-electron chi connectivity index (χ4n) is 3.95. The van der Waals surface area contributed by atoms with Gasteiger partial charge in [-0.25, -0.2) is 0 Å². The van der Waals surface area contributed by atoms with Crippen LogP contribution in [-0.2, 0) is 9.59 Å². The van der Waals surface area contributed by atoms with Gasteiger partial charge in [-0.2, -0.15) is 0 Å². The zero-order valence-electron chi connectivity index (χ0n) is 13.6. The second kappa shape index (κ2) is 8.55. The van der Waals surface area contributed by atoms with Crippen molar-refractivity contribution in [2.75, 3.05) is 6.54 Å². The number of likely N-dealkylation sites (tertiary alicyclic amines) is 1. The standard InChI is InChI=1S/C18H31NO2/c1-15(20)14-17-12-8-5-9-13-19(17)18(21)16-10-6-3-2-4-7-11-16/h16-17H,2-14H2,1H3. The Morgan fingerprint density at radius 2 is 1.43 bits per heavy atom. The smallest absolute Gasteiger partial charge is 0.225 e. The molecule has 1 aliphatic heterocycles. The number of nitrogens with zero attached hydrogens (tertiary/aromatic N) is 1. The summed E-state index contributed by atoms with van der Waals surface area (Å²) in [5, 5.41) is 0. The fourth-order valence-corrected chi connectivity index (χ4v) is 3.95. The van der Waals surface area contributed by atoms with E-state index in [0.29, 0.717) is 12.3 Å². The Morgan fingerprint density at radius 3 is 2.10 bits per heavy atom. The lowest BCUT2D eigenvalue weighted by Gasteiger charge is -2.33. The van der Waals surface area contributed by atoms with Gasteiger partial charge in [0.25, 0.3) is 0 Å². The summed E-state index contributed by atoms with van der Waals surface area (Å²) in [6.07, 6.45) is 13.4. The molecule has 1 heterocycles. The largest absolute Gasteiger partial charge is 0.339 e. The van der Waals surface area contributed by atoms with E-state index >= 15 is 0 Å². The average Bonchev–Trinajstić information content (AvgIpc) is 2.62. The predicted octanol–water partition coefficient (Wildman–Crippen LogP) is 4.10. The summed E-state index contributed by atoms with van der Waals surface area (Å²) in [5.41, 5.74) is 0. The maximum atomic E-state index is 13.0. The van der Waals surface area contributed by atoms with Crippen LogP contribution in [0.3, 0.4) is 0 Å². The van der Waals surface area contributed by atoms with Gasteiger partial charge in [0, 0.05) is 24.9 Å². The molecule has 2 fully saturated rings. The van der Waals surface area contributed by atoms with Gasteiger partial charge in [0.2, 0.25) is 5.91 Å². The minimum atomic E-state index is 0.169. The minimum absolute atomic E-state index is 0.169. The highest BCUT2D eigenvalue weighted by Crippen LogP contribution is 2.28. The maximum Gasteiger partial charge on any atom is 0.225 e. The Labute approximate surface area is 129 Å². The highest BCUT2D eigenvalue weighted by atomic mass is 16.2. The molecule has 3 heteroatoms. The first-order chi connectivity index (χ1) is 10.2. The summed E-state index contributed by atoms with van der Waals surface area (Å²) in [5.74, 6) is 0.792. The fraction of sp³-hybridized carbons (Fsp3) is 0.889. The Kier molecular flexibility index (Phi) is 6.72. The Bertz CT molecular complexity index is 345. The molecule has 0 N–H and O–H groups in total. The van der Waals surface area contributed by atoms with E-state index in [1.807, 2.05) is 0 Å². The SMILES string of the molecule is CC(=O)CC1CCCCCN1C(=O)C1CCCCCCC1. The molecule has 120 valence electrons. The Balaban J connectivity index is 2.02. The third-order valence-electron chi connectivity index (χ3n) is 5.14. The van der Waals surface area contributed by atoms with Gasteiger partial charge >= 0.3 is 0 Å². The zero-order chi connectivity index (χ0) is 15.1. The molecule has 0 bridgehead atoms. The highest BCUT2D eigenvalue weighted by Gasteiger charge is 2.31. The Hall–Kier alpha value is -0.860. The molecule has 0 aromatic heterocycles. The summed E-state index contributed by atoms with van der Waals surface area (Å²) in [6, 6.07) is 0.169. The van der Waals surface area contributed by atoms with Crippen LogP contribution in [0.15, 0.2) is 0 Å². The number of carbonyl (C=O) groups excluding carboxylic acids is 2. The van der Waals surface area contributed by atoms with Crippen molar-refractivity contribution in [1.29, 1.82) is 0 Å². The monoisotopic (exact) mass is 293 g/mol. The van der Waals surface area contributed by atoms with E-state index in [-0.39, 0.29) is 17.7 Å². The summed E-state index contributed by atoms with van der Waals surface area (Å²) in [4.78, 5) is 26.6. The molecule has 2 aliphatic rings. The van der Waals surface area contributed by atoms with E-state index in [2.05, 4.69) is 4.90 Å². The first kappa shape index (κ1) is 16.5. The van der Waals surface area contributed by atoms with Gasteiger partial charge in [0.1, 0.15) is 5.78 Å². The van der Waals surface area contributed by atoms with Gasteiger partial charge in [-0.3, -0.25) is 9.59 Å². The number of hydrogen-bond acceptors (Lipinski definition) is 2. The van der Waals surface area contributed by atoms with Gasteiger partial charge in [0.05, 0.1) is 0 Å². The number of carbonyl (C=O) groups is 2. The van der Waals surface area contributed by atoms with Crippen LogP contribution in [0.25, 0.3) is 0 Å². The van der Waals surface area contributed by atoms with E-state index in [0.717, 1.165) is 38.6 Å². The van der Waals surface area contributed by atoms with Crippen LogP contribution in [-0.4, -0.2) is 29.2 Å². The van der Waals surface area contributed by atoms with Crippen molar-refractivity contribution in [3.8, 4) is 0 Å². The van der Waals surface area contributed by atoms with Crippen LogP contribution in [0, 0.1) is 5.92 Å². The average molecular weight is 293 g/mol. The minimum Gasteiger partial charge on any atom is -0.339 e. The van der Waals surface area contributed by atoms with Crippen LogP contribution in [0.1, 0.15) is 84.0 Å². The molecule has 0 aromatic rings. The van der Waals surface area contributed by atoms with Crippen molar-refractivity contribution in [3.05, 3.63) is 0 Å². The molecular formula is C18H31NO2. The number of hydrogen-bond donors (Lipinski definition) is 0. The van der Waals surface area contributed by atoms with E-state index in [1.54, 1.807) is 6.92 Å². The first-order valence-corrected chi connectivity index (χ1v) is 8.98. The Morgan fingerprint density at radius 1 is 0.857 bits per heavy atom. The summed E-state index contributed by atoms with van der Waals surface area (Å²) >= 11 is 0. The molecule has 0 radical (unpaired) electrons. The number of amides is 1. The summed E-state index contributed by atoms with van der Waals surface area (Å²) in [6.45, 7) is 2.52. The molecule has 21 heavy (non-hydrogen) atoms. The first-order valence-electron chi connectivity index (χ1n) is 8.98. The van der Waals surface area contributed by atoms with Crippen LogP contribution < -0.4 is 0 Å². The molecule has 1 amide bonds. The molecule has 1 saturated heterocycles. The number of rotatable bonds is 3. The lowest BCUT2D eigenvalue weighted by molar-refractivity contribution is -0.139. The van der Waals surface area contributed by atoms with Gasteiger partial charge in [-0.15, -0.1) is 0 Å². The predicted molar refractivity (Wildman–Crippen MR) is 85.1 cm³/mol. The van der Waals surface area contributed by atoms with E-state index in [4.69, 9.17) is 0 Å². The second-order valence-electron chi connectivity index (χ2n) is 6.98. The third kappa shape index (κ3) is 5.12. The quantitative estimate of drug-likeness (QED) is 0.785. The van der Waals surface area contributed by atoms with Crippen molar-refractivity contribution < 1.29 is 9.59 Å². The second-order valence-corrected chi connectivity index (χ2v) is 6.98. The topological polar surface area (TPSA) is 37.4 Å². The normalized spacial score (nSPS) is 25.8. The van der Waals surface area contributed by atoms with E-state index < -0.39 is 0 Å². The van der Waals surface area contributed by atoms with Crippen molar-refractivity contribution >= 4 is 11.7 Å². The highest BCUT2D eigenvalue weighted by molar-refractivity contribution is 5.81. The lowest BCUT2D eigenvalue weighted by atomic mass is 9.89. The molecule has 1 unspecified atom stereocenters. The van der Waals surface area contributed by atoms with Crippen LogP contribution in [0.4, 0.5) is 0 Å². The van der Waals surface area contributed by atoms with Gasteiger partial charge in [-0.05, 0) is 32.6 Å². The van der Waals surface area contributed by atoms with E-state index in [9.17, 15) is 9.59 Å². The van der Waals surface area contributed by atoms with Crippen molar-refractivity contribution in [2.45, 2.75) is 90.0 Å². The maximum absolute atomic E-state index is 13.0. The molecular weight excluding hydrogens is 262 g/mol. The molecule has 0 spiro atoms. The lowest BCUT2D eigenvalue weighted by Crippen LogP contribution is -2.44. The zero-order valence-corrected chi connectivity index (χ0v) is 13.6. The summed E-state index contributed by atoms with van der Waals surface area (Å²) < 4.78 is 0. The molecule has 1 atom stereocenters. The molecule has 1 aliphatic carbocycles. The van der Waals surface area contributed by atoms with Gasteiger partial charge in [-0.1, -0.05) is 44.9 Å². The van der Waals surface area contributed by atoms with Crippen molar-refractivity contribution in [1.82, 2.24) is 4.90 Å². The number of ketones is 1. The van der Waals surface area contributed by atoms with Crippen LogP contribution >= 0.6 is 0 Å². The van der Waals surface area contributed by atoms with Crippen molar-refractivity contribution in [3.63, 3.8) is 0 Å². The molecule has 2 rings (SSSR count). The van der Waals surface area contributed by atoms with Gasteiger partial charge in [0.15, 0.2) is 0 Å². The molecule has 3 nitrogen and oxygen atoms in total. The van der Waals surface area contributed by atoms with Crippen LogP contribution in [0.2, 0.25) is 0 Å². The van der Waals surface area contributed by atoms with E-state index in [1.165, 1.54) is 38.5 Å². The van der Waals surface area contributed by atoms with Crippen molar-refractivity contribution in [2.24, 2.45) is 5.92 Å². The molecule has 0 aromatic carbocycles.